The van der Waals surface area contributed by atoms with Crippen LogP contribution in [0.1, 0.15) is 16.7 Å². The molecule has 0 spiro atoms. The van der Waals surface area contributed by atoms with Crippen LogP contribution in [0.4, 0.5) is 0 Å². The van der Waals surface area contributed by atoms with E-state index in [1.54, 1.807) is 48.5 Å². The minimum atomic E-state index is -1.15. The van der Waals surface area contributed by atoms with Gasteiger partial charge in [0.15, 0.2) is 0 Å². The number of rotatable bonds is 10. The SMILES string of the molecule is COc1cc(OC)cc(-c2nnc(S/C(=C\c3ccc(OCc4ccccc4C#N)c(Br)c3)C(=O)O)o2)c1. The number of aliphatic carboxylic acids is 1. The summed E-state index contributed by atoms with van der Waals surface area (Å²) < 4.78 is 22.7. The van der Waals surface area contributed by atoms with E-state index in [2.05, 4.69) is 32.2 Å². The highest BCUT2D eigenvalue weighted by Crippen LogP contribution is 2.34. The number of carbonyl (C=O) groups is 1. The van der Waals surface area contributed by atoms with Crippen molar-refractivity contribution in [2.75, 3.05) is 14.2 Å². The summed E-state index contributed by atoms with van der Waals surface area (Å²) in [6.07, 6.45) is 1.49. The second-order valence-corrected chi connectivity index (χ2v) is 9.49. The van der Waals surface area contributed by atoms with Gasteiger partial charge >= 0.3 is 5.97 Å². The molecule has 0 aliphatic heterocycles. The summed E-state index contributed by atoms with van der Waals surface area (Å²) >= 11 is 4.30. The van der Waals surface area contributed by atoms with Gasteiger partial charge in [-0.1, -0.05) is 24.3 Å². The van der Waals surface area contributed by atoms with Gasteiger partial charge in [-0.05, 0) is 69.7 Å². The average Bonchev–Trinajstić information content (AvgIpc) is 3.40. The summed E-state index contributed by atoms with van der Waals surface area (Å²) in [4.78, 5) is 11.9. The van der Waals surface area contributed by atoms with Crippen LogP contribution in [0.2, 0.25) is 0 Å². The molecule has 11 heteroatoms. The number of thioether (sulfide) groups is 1. The molecule has 3 aromatic carbocycles. The lowest BCUT2D eigenvalue weighted by atomic mass is 10.1. The molecule has 0 saturated carbocycles. The van der Waals surface area contributed by atoms with Gasteiger partial charge in [-0.25, -0.2) is 4.79 Å². The van der Waals surface area contributed by atoms with Gasteiger partial charge in [0.05, 0.1) is 30.3 Å². The van der Waals surface area contributed by atoms with Crippen LogP contribution in [0, 0.1) is 11.3 Å². The highest BCUT2D eigenvalue weighted by Gasteiger charge is 2.17. The highest BCUT2D eigenvalue weighted by atomic mass is 79.9. The van der Waals surface area contributed by atoms with Crippen molar-refractivity contribution in [1.29, 1.82) is 5.26 Å². The van der Waals surface area contributed by atoms with Crippen molar-refractivity contribution in [3.05, 3.63) is 86.7 Å². The number of ether oxygens (including phenoxy) is 3. The van der Waals surface area contributed by atoms with Crippen molar-refractivity contribution in [2.45, 2.75) is 11.8 Å². The Balaban J connectivity index is 1.50. The van der Waals surface area contributed by atoms with E-state index in [0.717, 1.165) is 17.3 Å². The van der Waals surface area contributed by atoms with Crippen LogP contribution < -0.4 is 14.2 Å². The van der Waals surface area contributed by atoms with Crippen molar-refractivity contribution in [3.8, 4) is 34.8 Å². The number of methoxy groups -OCH3 is 2. The predicted octanol–water partition coefficient (Wildman–Crippen LogP) is 6.18. The molecule has 0 saturated heterocycles. The molecule has 38 heavy (non-hydrogen) atoms. The summed E-state index contributed by atoms with van der Waals surface area (Å²) in [6, 6.07) is 19.6. The van der Waals surface area contributed by atoms with Crippen LogP contribution in [0.3, 0.4) is 0 Å². The Kier molecular flexibility index (Phi) is 8.68. The first-order valence-corrected chi connectivity index (χ1v) is 12.6. The topological polar surface area (TPSA) is 128 Å². The molecule has 1 aromatic heterocycles. The van der Waals surface area contributed by atoms with E-state index < -0.39 is 5.97 Å². The Morgan fingerprint density at radius 2 is 1.84 bits per heavy atom. The molecule has 0 aliphatic rings. The molecule has 0 amide bonds. The fourth-order valence-corrected chi connectivity index (χ4v) is 4.50. The number of halogens is 1. The first-order valence-electron chi connectivity index (χ1n) is 11.0. The summed E-state index contributed by atoms with van der Waals surface area (Å²) in [6.45, 7) is 0.215. The Bertz CT molecular complexity index is 1520. The van der Waals surface area contributed by atoms with E-state index in [4.69, 9.17) is 18.6 Å². The molecule has 9 nitrogen and oxygen atoms in total. The van der Waals surface area contributed by atoms with E-state index in [-0.39, 0.29) is 22.6 Å². The molecule has 0 radical (unpaired) electrons. The fraction of sp³-hybridized carbons (Fsp3) is 0.111. The van der Waals surface area contributed by atoms with Crippen LogP contribution in [-0.4, -0.2) is 35.5 Å². The Hall–Kier alpha value is -4.27. The Morgan fingerprint density at radius 1 is 1.11 bits per heavy atom. The lowest BCUT2D eigenvalue weighted by molar-refractivity contribution is -0.131. The zero-order chi connectivity index (χ0) is 27.1. The van der Waals surface area contributed by atoms with Crippen molar-refractivity contribution in [3.63, 3.8) is 0 Å². The minimum absolute atomic E-state index is 0.0214. The van der Waals surface area contributed by atoms with Gasteiger partial charge in [0.25, 0.3) is 5.22 Å². The Labute approximate surface area is 230 Å². The van der Waals surface area contributed by atoms with Crippen molar-refractivity contribution < 1.29 is 28.5 Å². The zero-order valence-corrected chi connectivity index (χ0v) is 22.6. The van der Waals surface area contributed by atoms with Crippen molar-refractivity contribution >= 4 is 39.7 Å². The smallest absolute Gasteiger partial charge is 0.342 e. The number of carboxylic acids is 1. The van der Waals surface area contributed by atoms with Crippen LogP contribution in [0.5, 0.6) is 17.2 Å². The number of carboxylic acid groups (broad SMARTS) is 1. The van der Waals surface area contributed by atoms with E-state index in [1.807, 2.05) is 12.1 Å². The first-order chi connectivity index (χ1) is 18.4. The molecule has 192 valence electrons. The fourth-order valence-electron chi connectivity index (χ4n) is 3.31. The van der Waals surface area contributed by atoms with Gasteiger partial charge in [0.2, 0.25) is 5.89 Å². The van der Waals surface area contributed by atoms with Gasteiger partial charge in [0.1, 0.15) is 28.8 Å². The van der Waals surface area contributed by atoms with Crippen LogP contribution in [-0.2, 0) is 11.4 Å². The van der Waals surface area contributed by atoms with Gasteiger partial charge in [-0.2, -0.15) is 5.26 Å². The standard InChI is InChI=1S/C27H20BrN3O6S/c1-34-20-11-19(12-21(13-20)35-2)25-30-31-27(37-25)38-24(26(32)33)10-16-7-8-23(22(28)9-16)36-15-18-6-4-3-5-17(18)14-29/h3-13H,15H2,1-2H3,(H,32,33)/b24-10-. The number of nitriles is 1. The maximum absolute atomic E-state index is 11.9. The third kappa shape index (κ3) is 6.53. The maximum atomic E-state index is 11.9. The normalized spacial score (nSPS) is 11.1. The molecule has 4 rings (SSSR count). The van der Waals surface area contributed by atoms with E-state index in [9.17, 15) is 15.2 Å². The number of hydrogen-bond donors (Lipinski definition) is 1. The molecule has 1 heterocycles. The number of hydrogen-bond acceptors (Lipinski definition) is 9. The molecular formula is C27H20BrN3O6S. The number of aromatic nitrogens is 2. The molecule has 0 aliphatic carbocycles. The van der Waals surface area contributed by atoms with Gasteiger partial charge < -0.3 is 23.7 Å². The number of nitrogens with zero attached hydrogens (tertiary/aromatic N) is 3. The second-order valence-electron chi connectivity index (χ2n) is 7.64. The predicted molar refractivity (Wildman–Crippen MR) is 144 cm³/mol. The van der Waals surface area contributed by atoms with Gasteiger partial charge in [-0.3, -0.25) is 0 Å². The molecule has 0 unspecified atom stereocenters. The largest absolute Gasteiger partial charge is 0.497 e. The monoisotopic (exact) mass is 593 g/mol. The molecule has 0 bridgehead atoms. The summed E-state index contributed by atoms with van der Waals surface area (Å²) in [5.74, 6) is 0.684. The maximum Gasteiger partial charge on any atom is 0.342 e. The van der Waals surface area contributed by atoms with E-state index >= 15 is 0 Å². The van der Waals surface area contributed by atoms with Gasteiger partial charge in [0, 0.05) is 17.2 Å². The van der Waals surface area contributed by atoms with Crippen LogP contribution in [0.15, 0.2) is 79.7 Å². The minimum Gasteiger partial charge on any atom is -0.497 e. The molecule has 4 aromatic rings. The third-order valence-corrected chi connectivity index (χ3v) is 6.66. The molecule has 0 fully saturated rings. The van der Waals surface area contributed by atoms with Crippen molar-refractivity contribution in [1.82, 2.24) is 10.2 Å². The lowest BCUT2D eigenvalue weighted by Gasteiger charge is -2.10. The summed E-state index contributed by atoms with van der Waals surface area (Å²) in [5, 5.41) is 27.1. The van der Waals surface area contributed by atoms with E-state index in [1.165, 1.54) is 20.3 Å². The van der Waals surface area contributed by atoms with Crippen molar-refractivity contribution in [2.24, 2.45) is 0 Å². The summed E-state index contributed by atoms with van der Waals surface area (Å²) in [5.41, 5.74) is 2.49. The quantitative estimate of drug-likeness (QED) is 0.168. The lowest BCUT2D eigenvalue weighted by Crippen LogP contribution is -1.99. The molecular weight excluding hydrogens is 574 g/mol. The highest BCUT2D eigenvalue weighted by molar-refractivity contribution is 9.10. The summed E-state index contributed by atoms with van der Waals surface area (Å²) in [7, 11) is 3.06. The number of benzene rings is 3. The van der Waals surface area contributed by atoms with Crippen LogP contribution in [0.25, 0.3) is 17.5 Å². The van der Waals surface area contributed by atoms with E-state index in [0.29, 0.717) is 38.4 Å². The van der Waals surface area contributed by atoms with Gasteiger partial charge in [-0.15, -0.1) is 10.2 Å². The second kappa shape index (κ2) is 12.3. The average molecular weight is 594 g/mol. The molecule has 1 N–H and O–H groups in total. The first kappa shape index (κ1) is 26.8. The zero-order valence-electron chi connectivity index (χ0n) is 20.2. The Morgan fingerprint density at radius 3 is 2.50 bits per heavy atom. The third-order valence-electron chi connectivity index (χ3n) is 5.19. The molecule has 0 atom stereocenters. The van der Waals surface area contributed by atoms with Crippen LogP contribution >= 0.6 is 27.7 Å².